The van der Waals surface area contributed by atoms with Crippen molar-refractivity contribution in [2.24, 2.45) is 0 Å². The van der Waals surface area contributed by atoms with Crippen LogP contribution in [0, 0.1) is 18.3 Å². The molecule has 4 nitrogen and oxygen atoms in total. The number of amides is 1. The fraction of sp³-hybridized carbons (Fsp3) is 0.0476. The summed E-state index contributed by atoms with van der Waals surface area (Å²) in [4.78, 5) is 12.4. The summed E-state index contributed by atoms with van der Waals surface area (Å²) in [6, 6.07) is 17.6. The molecule has 0 radical (unpaired) electrons. The van der Waals surface area contributed by atoms with E-state index in [0.717, 1.165) is 5.56 Å². The van der Waals surface area contributed by atoms with Crippen molar-refractivity contribution in [2.75, 3.05) is 5.32 Å². The maximum Gasteiger partial charge on any atom is 0.266 e. The van der Waals surface area contributed by atoms with Crippen LogP contribution in [-0.2, 0) is 4.79 Å². The number of carbonyl (C=O) groups excluding carboxylic acids is 1. The summed E-state index contributed by atoms with van der Waals surface area (Å²) in [5.74, 6) is 0.341. The molecule has 0 aliphatic rings. The highest BCUT2D eigenvalue weighted by atomic mass is 35.5. The molecular weight excluding hydrogens is 383 g/mol. The van der Waals surface area contributed by atoms with E-state index in [0.29, 0.717) is 32.8 Å². The van der Waals surface area contributed by atoms with Gasteiger partial charge < -0.3 is 9.73 Å². The number of nitrogens with zero attached hydrogens (tertiary/aromatic N) is 1. The molecule has 134 valence electrons. The Labute approximate surface area is 166 Å². The molecule has 1 amide bonds. The monoisotopic (exact) mass is 396 g/mol. The zero-order chi connectivity index (χ0) is 19.4. The van der Waals surface area contributed by atoms with Crippen LogP contribution in [0.3, 0.4) is 0 Å². The predicted molar refractivity (Wildman–Crippen MR) is 108 cm³/mol. The number of rotatable bonds is 4. The summed E-state index contributed by atoms with van der Waals surface area (Å²) in [5.41, 5.74) is 2.11. The van der Waals surface area contributed by atoms with Crippen molar-refractivity contribution in [3.8, 4) is 17.4 Å². The second kappa shape index (κ2) is 8.13. The molecular formula is C21H14Cl2N2O2. The Hall–Kier alpha value is -3.00. The van der Waals surface area contributed by atoms with Crippen molar-refractivity contribution >= 4 is 40.9 Å². The van der Waals surface area contributed by atoms with Crippen molar-refractivity contribution in [2.45, 2.75) is 6.92 Å². The molecule has 0 saturated carbocycles. The number of hydrogen-bond donors (Lipinski definition) is 1. The lowest BCUT2D eigenvalue weighted by atomic mass is 10.1. The molecule has 1 heterocycles. The Morgan fingerprint density at radius 2 is 1.93 bits per heavy atom. The Bertz CT molecular complexity index is 1080. The minimum atomic E-state index is -0.509. The lowest BCUT2D eigenvalue weighted by Crippen LogP contribution is -2.14. The van der Waals surface area contributed by atoms with Gasteiger partial charge in [-0.15, -0.1) is 0 Å². The van der Waals surface area contributed by atoms with Gasteiger partial charge in [0.1, 0.15) is 23.2 Å². The number of carbonyl (C=O) groups is 1. The number of hydrogen-bond acceptors (Lipinski definition) is 3. The minimum Gasteiger partial charge on any atom is -0.457 e. The van der Waals surface area contributed by atoms with Crippen LogP contribution in [0.2, 0.25) is 10.0 Å². The first-order valence-electron chi connectivity index (χ1n) is 8.02. The van der Waals surface area contributed by atoms with E-state index < -0.39 is 5.91 Å². The van der Waals surface area contributed by atoms with E-state index in [9.17, 15) is 10.1 Å². The largest absolute Gasteiger partial charge is 0.457 e. The number of nitrogens with one attached hydrogen (secondary N) is 1. The van der Waals surface area contributed by atoms with Gasteiger partial charge in [0.2, 0.25) is 0 Å². The summed E-state index contributed by atoms with van der Waals surface area (Å²) < 4.78 is 5.71. The second-order valence-electron chi connectivity index (χ2n) is 5.77. The van der Waals surface area contributed by atoms with Crippen LogP contribution in [-0.4, -0.2) is 5.91 Å². The summed E-state index contributed by atoms with van der Waals surface area (Å²) in [5, 5.41) is 13.1. The Morgan fingerprint density at radius 1 is 1.15 bits per heavy atom. The maximum atomic E-state index is 12.4. The summed E-state index contributed by atoms with van der Waals surface area (Å²) in [6.45, 7) is 1.87. The van der Waals surface area contributed by atoms with Gasteiger partial charge in [-0.05, 0) is 48.9 Å². The first-order valence-corrected chi connectivity index (χ1v) is 8.77. The highest BCUT2D eigenvalue weighted by molar-refractivity contribution is 6.35. The molecule has 0 aliphatic carbocycles. The number of anilines is 1. The molecule has 0 saturated heterocycles. The van der Waals surface area contributed by atoms with Gasteiger partial charge in [0.05, 0.1) is 5.02 Å². The number of nitriles is 1. The molecule has 0 bridgehead atoms. The van der Waals surface area contributed by atoms with E-state index in [2.05, 4.69) is 5.32 Å². The first kappa shape index (κ1) is 18.8. The number of halogens is 2. The summed E-state index contributed by atoms with van der Waals surface area (Å²) in [7, 11) is 0. The predicted octanol–water partition coefficient (Wildman–Crippen LogP) is 6.11. The zero-order valence-corrected chi connectivity index (χ0v) is 15.8. The third-order valence-electron chi connectivity index (χ3n) is 3.87. The molecule has 0 atom stereocenters. The van der Waals surface area contributed by atoms with E-state index >= 15 is 0 Å². The van der Waals surface area contributed by atoms with Gasteiger partial charge >= 0.3 is 0 Å². The van der Waals surface area contributed by atoms with Crippen molar-refractivity contribution in [1.82, 2.24) is 0 Å². The average molecular weight is 397 g/mol. The molecule has 0 unspecified atom stereocenters. The summed E-state index contributed by atoms with van der Waals surface area (Å²) in [6.07, 6.45) is 1.38. The van der Waals surface area contributed by atoms with E-state index in [1.807, 2.05) is 31.2 Å². The van der Waals surface area contributed by atoms with Crippen LogP contribution in [0.1, 0.15) is 11.3 Å². The fourth-order valence-electron chi connectivity index (χ4n) is 2.46. The lowest BCUT2D eigenvalue weighted by molar-refractivity contribution is -0.112. The van der Waals surface area contributed by atoms with Gasteiger partial charge in [-0.1, -0.05) is 41.4 Å². The van der Waals surface area contributed by atoms with Gasteiger partial charge in [-0.3, -0.25) is 4.79 Å². The smallest absolute Gasteiger partial charge is 0.266 e. The summed E-state index contributed by atoms with van der Waals surface area (Å²) >= 11 is 12.2. The molecule has 3 rings (SSSR count). The van der Waals surface area contributed by atoms with Gasteiger partial charge in [0.25, 0.3) is 5.91 Å². The van der Waals surface area contributed by atoms with E-state index in [-0.39, 0.29) is 5.57 Å². The molecule has 0 fully saturated rings. The molecule has 1 N–H and O–H groups in total. The number of benzene rings is 2. The van der Waals surface area contributed by atoms with Crippen molar-refractivity contribution < 1.29 is 9.21 Å². The highest BCUT2D eigenvalue weighted by Gasteiger charge is 2.13. The molecule has 1 aromatic heterocycles. The Balaban J connectivity index is 1.85. The number of aryl methyl sites for hydroxylation is 1. The quantitative estimate of drug-likeness (QED) is 0.427. The van der Waals surface area contributed by atoms with Crippen LogP contribution in [0.4, 0.5) is 5.69 Å². The topological polar surface area (TPSA) is 66.0 Å². The highest BCUT2D eigenvalue weighted by Crippen LogP contribution is 2.32. The third kappa shape index (κ3) is 4.40. The molecule has 0 spiro atoms. The molecule has 6 heteroatoms. The lowest BCUT2D eigenvalue weighted by Gasteiger charge is -2.06. The van der Waals surface area contributed by atoms with Crippen LogP contribution >= 0.6 is 23.2 Å². The van der Waals surface area contributed by atoms with Gasteiger partial charge in [-0.2, -0.15) is 5.26 Å². The van der Waals surface area contributed by atoms with Gasteiger partial charge in [-0.25, -0.2) is 0 Å². The van der Waals surface area contributed by atoms with Crippen LogP contribution < -0.4 is 5.32 Å². The number of para-hydroxylation sites is 1. The van der Waals surface area contributed by atoms with E-state index in [1.54, 1.807) is 36.4 Å². The van der Waals surface area contributed by atoms with Crippen molar-refractivity contribution in [3.63, 3.8) is 0 Å². The number of furan rings is 1. The SMILES string of the molecule is Cc1ccccc1NC(=O)/C(C#N)=C\c1ccc(-c2cc(Cl)ccc2Cl)o1. The molecule has 0 aliphatic heterocycles. The van der Waals surface area contributed by atoms with Gasteiger partial charge in [0, 0.05) is 22.3 Å². The Morgan fingerprint density at radius 3 is 2.67 bits per heavy atom. The first-order chi connectivity index (χ1) is 13.0. The normalized spacial score (nSPS) is 11.1. The van der Waals surface area contributed by atoms with Crippen molar-refractivity contribution in [3.05, 3.63) is 81.5 Å². The second-order valence-corrected chi connectivity index (χ2v) is 6.61. The Kier molecular flexibility index (Phi) is 5.66. The average Bonchev–Trinajstić information content (AvgIpc) is 3.12. The molecule has 27 heavy (non-hydrogen) atoms. The molecule has 3 aromatic rings. The van der Waals surface area contributed by atoms with Crippen LogP contribution in [0.25, 0.3) is 17.4 Å². The molecule has 2 aromatic carbocycles. The third-order valence-corrected chi connectivity index (χ3v) is 4.43. The fourth-order valence-corrected chi connectivity index (χ4v) is 2.84. The van der Waals surface area contributed by atoms with Crippen molar-refractivity contribution in [1.29, 1.82) is 5.26 Å². The van der Waals surface area contributed by atoms with Gasteiger partial charge in [0.15, 0.2) is 0 Å². The van der Waals surface area contributed by atoms with E-state index in [1.165, 1.54) is 6.08 Å². The van der Waals surface area contributed by atoms with E-state index in [4.69, 9.17) is 27.6 Å². The maximum absolute atomic E-state index is 12.4. The zero-order valence-electron chi connectivity index (χ0n) is 14.3. The minimum absolute atomic E-state index is 0.0728. The van der Waals surface area contributed by atoms with Crippen LogP contribution in [0.5, 0.6) is 0 Å². The standard InChI is InChI=1S/C21H14Cl2N2O2/c1-13-4-2-3-5-19(13)25-21(26)14(12-24)10-16-7-9-20(27-16)17-11-15(22)6-8-18(17)23/h2-11H,1H3,(H,25,26)/b14-10-. The van der Waals surface area contributed by atoms with Crippen LogP contribution in [0.15, 0.2) is 64.6 Å².